The molecule has 1 amide bonds. The zero-order valence-electron chi connectivity index (χ0n) is 18.0. The molecule has 0 bridgehead atoms. The third-order valence-corrected chi connectivity index (χ3v) is 8.66. The van der Waals surface area contributed by atoms with Crippen molar-refractivity contribution in [2.45, 2.75) is 64.3 Å². The molecule has 160 valence electrons. The lowest BCUT2D eigenvalue weighted by Gasteiger charge is -2.24. The van der Waals surface area contributed by atoms with E-state index in [1.54, 1.807) is 13.0 Å². The Morgan fingerprint density at radius 3 is 2.48 bits per heavy atom. The van der Waals surface area contributed by atoms with Crippen molar-refractivity contribution >= 4 is 27.3 Å². The lowest BCUT2D eigenvalue weighted by atomic mass is 10.0. The number of nitrogens with zero attached hydrogens (tertiary/aromatic N) is 3. The summed E-state index contributed by atoms with van der Waals surface area (Å²) < 4.78 is 30.6. The zero-order valence-corrected chi connectivity index (χ0v) is 19.6. The van der Waals surface area contributed by atoms with E-state index in [4.69, 9.17) is 0 Å². The van der Waals surface area contributed by atoms with Gasteiger partial charge in [0.25, 0.3) is 5.91 Å². The highest BCUT2D eigenvalue weighted by Crippen LogP contribution is 2.33. The largest absolute Gasteiger partial charge is 0.345 e. The van der Waals surface area contributed by atoms with Crippen molar-refractivity contribution in [2.75, 3.05) is 13.1 Å². The molecule has 3 rings (SSSR count). The number of carbonyl (C=O) groups excluding carboxylic acids is 1. The maximum atomic E-state index is 13.0. The van der Waals surface area contributed by atoms with Gasteiger partial charge in [-0.2, -0.15) is 0 Å². The summed E-state index contributed by atoms with van der Waals surface area (Å²) in [5.41, 5.74) is 1.50. The molecule has 0 radical (unpaired) electrons. The van der Waals surface area contributed by atoms with Gasteiger partial charge in [0.05, 0.1) is 11.4 Å². The average Bonchev–Trinajstić information content (AvgIpc) is 3.35. The van der Waals surface area contributed by atoms with Gasteiger partial charge in [-0.3, -0.25) is 4.79 Å². The first-order valence-corrected chi connectivity index (χ1v) is 12.2. The maximum Gasteiger partial charge on any atom is 0.265 e. The van der Waals surface area contributed by atoms with Gasteiger partial charge in [0.15, 0.2) is 0 Å². The van der Waals surface area contributed by atoms with Crippen molar-refractivity contribution in [3.05, 3.63) is 22.3 Å². The van der Waals surface area contributed by atoms with Crippen LogP contribution in [0.4, 0.5) is 0 Å². The van der Waals surface area contributed by atoms with E-state index in [1.807, 2.05) is 44.2 Å². The molecule has 9 heteroatoms. The van der Waals surface area contributed by atoms with E-state index in [-0.39, 0.29) is 10.8 Å². The fraction of sp³-hybridized carbons (Fsp3) is 0.600. The number of aryl methyl sites for hydroxylation is 1. The Bertz CT molecular complexity index is 1030. The number of carbonyl (C=O) groups is 1. The standard InChI is InChI=1S/C20H30N4O3S2/c1-7-20(4,5)22-29(26,27)16-12-15(23(6)14(16)3)18-21-13(2)17(28-18)19(25)24-10-8-9-11-24/h12,22H,7-11H2,1-6H3. The Labute approximate surface area is 177 Å². The molecule has 0 unspecified atom stereocenters. The zero-order chi connectivity index (χ0) is 21.6. The minimum absolute atomic E-state index is 0.0221. The molecule has 0 aromatic carbocycles. The highest BCUT2D eigenvalue weighted by Gasteiger charge is 2.30. The van der Waals surface area contributed by atoms with Crippen LogP contribution >= 0.6 is 11.3 Å². The van der Waals surface area contributed by atoms with Crippen LogP contribution in [-0.2, 0) is 17.1 Å². The van der Waals surface area contributed by atoms with Gasteiger partial charge in [0.1, 0.15) is 14.8 Å². The average molecular weight is 439 g/mol. The van der Waals surface area contributed by atoms with Crippen molar-refractivity contribution in [2.24, 2.45) is 7.05 Å². The van der Waals surface area contributed by atoms with Crippen molar-refractivity contribution in [1.82, 2.24) is 19.2 Å². The summed E-state index contributed by atoms with van der Waals surface area (Å²) in [6, 6.07) is 1.66. The van der Waals surface area contributed by atoms with Crippen LogP contribution in [0.3, 0.4) is 0 Å². The highest BCUT2D eigenvalue weighted by atomic mass is 32.2. The van der Waals surface area contributed by atoms with Crippen LogP contribution in [0.15, 0.2) is 11.0 Å². The predicted octanol–water partition coefficient (Wildman–Crippen LogP) is 3.47. The van der Waals surface area contributed by atoms with Crippen LogP contribution in [0, 0.1) is 13.8 Å². The second kappa shape index (κ2) is 7.85. The van der Waals surface area contributed by atoms with Crippen molar-refractivity contribution < 1.29 is 13.2 Å². The van der Waals surface area contributed by atoms with E-state index in [1.165, 1.54) is 11.3 Å². The number of rotatable bonds is 6. The molecular formula is C20H30N4O3S2. The molecule has 7 nitrogen and oxygen atoms in total. The Balaban J connectivity index is 1.98. The second-order valence-corrected chi connectivity index (χ2v) is 11.0. The van der Waals surface area contributed by atoms with Crippen LogP contribution in [-0.4, -0.2) is 47.4 Å². The minimum Gasteiger partial charge on any atom is -0.345 e. The molecular weight excluding hydrogens is 408 g/mol. The third-order valence-electron chi connectivity index (χ3n) is 5.68. The molecule has 1 fully saturated rings. The third kappa shape index (κ3) is 4.27. The van der Waals surface area contributed by atoms with Gasteiger partial charge in [0, 0.05) is 31.4 Å². The normalized spacial score (nSPS) is 15.3. The topological polar surface area (TPSA) is 84.3 Å². The SMILES string of the molecule is CCC(C)(C)NS(=O)(=O)c1cc(-c2nc(C)c(C(=O)N3CCCC3)s2)n(C)c1C. The van der Waals surface area contributed by atoms with Gasteiger partial charge in [-0.25, -0.2) is 18.1 Å². The summed E-state index contributed by atoms with van der Waals surface area (Å²) >= 11 is 1.33. The van der Waals surface area contributed by atoms with E-state index in [0.717, 1.165) is 25.9 Å². The molecule has 1 N–H and O–H groups in total. The van der Waals surface area contributed by atoms with E-state index >= 15 is 0 Å². The van der Waals surface area contributed by atoms with E-state index in [9.17, 15) is 13.2 Å². The summed E-state index contributed by atoms with van der Waals surface area (Å²) in [4.78, 5) is 20.1. The van der Waals surface area contributed by atoms with Crippen LogP contribution in [0.25, 0.3) is 10.7 Å². The summed E-state index contributed by atoms with van der Waals surface area (Å²) in [5, 5.41) is 0.659. The van der Waals surface area contributed by atoms with Gasteiger partial charge >= 0.3 is 0 Å². The van der Waals surface area contributed by atoms with Crippen LogP contribution < -0.4 is 4.72 Å². The predicted molar refractivity (Wildman–Crippen MR) is 116 cm³/mol. The highest BCUT2D eigenvalue weighted by molar-refractivity contribution is 7.89. The Hall–Kier alpha value is -1.71. The number of likely N-dealkylation sites (tertiary alicyclic amines) is 1. The fourth-order valence-corrected chi connectivity index (χ4v) is 6.27. The van der Waals surface area contributed by atoms with Crippen molar-refractivity contribution in [3.8, 4) is 10.7 Å². The molecule has 3 heterocycles. The van der Waals surface area contributed by atoms with Crippen LogP contribution in [0.5, 0.6) is 0 Å². The number of hydrogen-bond acceptors (Lipinski definition) is 5. The molecule has 0 spiro atoms. The first kappa shape index (κ1) is 22.0. The van der Waals surface area contributed by atoms with Crippen LogP contribution in [0.1, 0.15) is 61.1 Å². The molecule has 2 aromatic rings. The van der Waals surface area contributed by atoms with Gasteiger partial charge in [-0.1, -0.05) is 6.92 Å². The molecule has 0 aliphatic carbocycles. The molecule has 29 heavy (non-hydrogen) atoms. The van der Waals surface area contributed by atoms with E-state index in [0.29, 0.717) is 33.4 Å². The molecule has 1 saturated heterocycles. The van der Waals surface area contributed by atoms with Gasteiger partial charge in [-0.15, -0.1) is 11.3 Å². The summed E-state index contributed by atoms with van der Waals surface area (Å²) in [5.74, 6) is 0.0221. The molecule has 1 aliphatic heterocycles. The van der Waals surface area contributed by atoms with Crippen LogP contribution in [0.2, 0.25) is 0 Å². The van der Waals surface area contributed by atoms with Gasteiger partial charge in [-0.05, 0) is 53.0 Å². The number of amides is 1. The number of nitrogens with one attached hydrogen (secondary N) is 1. The maximum absolute atomic E-state index is 13.0. The van der Waals surface area contributed by atoms with E-state index in [2.05, 4.69) is 9.71 Å². The number of sulfonamides is 1. The number of aromatic nitrogens is 2. The summed E-state index contributed by atoms with van der Waals surface area (Å²) in [6.45, 7) is 10.9. The number of hydrogen-bond donors (Lipinski definition) is 1. The van der Waals surface area contributed by atoms with E-state index < -0.39 is 15.6 Å². The quantitative estimate of drug-likeness (QED) is 0.748. The number of thiazole rings is 1. The second-order valence-electron chi connectivity index (χ2n) is 8.31. The summed E-state index contributed by atoms with van der Waals surface area (Å²) in [6.07, 6.45) is 2.75. The molecule has 1 aliphatic rings. The lowest BCUT2D eigenvalue weighted by Crippen LogP contribution is -2.42. The fourth-order valence-electron chi connectivity index (χ4n) is 3.41. The molecule has 0 saturated carbocycles. The van der Waals surface area contributed by atoms with Crippen molar-refractivity contribution in [1.29, 1.82) is 0 Å². The Morgan fingerprint density at radius 2 is 1.90 bits per heavy atom. The molecule has 0 atom stereocenters. The van der Waals surface area contributed by atoms with Gasteiger partial charge in [0.2, 0.25) is 10.0 Å². The summed E-state index contributed by atoms with van der Waals surface area (Å²) in [7, 11) is -1.85. The lowest BCUT2D eigenvalue weighted by molar-refractivity contribution is 0.0796. The molecule has 2 aromatic heterocycles. The minimum atomic E-state index is -3.67. The Morgan fingerprint density at radius 1 is 1.28 bits per heavy atom. The van der Waals surface area contributed by atoms with Gasteiger partial charge < -0.3 is 9.47 Å². The monoisotopic (exact) mass is 438 g/mol. The Kier molecular flexibility index (Phi) is 5.95. The smallest absolute Gasteiger partial charge is 0.265 e. The first-order valence-electron chi connectivity index (χ1n) is 9.94. The van der Waals surface area contributed by atoms with Crippen molar-refractivity contribution in [3.63, 3.8) is 0 Å². The first-order chi connectivity index (χ1) is 13.5.